The van der Waals surface area contributed by atoms with Crippen LogP contribution in [0.4, 0.5) is 0 Å². The molecule has 4 aromatic carbocycles. The van der Waals surface area contributed by atoms with Gasteiger partial charge < -0.3 is 0 Å². The fraction of sp³-hybridized carbons (Fsp3) is 0. The van der Waals surface area contributed by atoms with Gasteiger partial charge in [-0.25, -0.2) is 15.0 Å². The van der Waals surface area contributed by atoms with E-state index in [0.717, 1.165) is 22.3 Å². The van der Waals surface area contributed by atoms with E-state index in [1.54, 1.807) is 6.33 Å². The van der Waals surface area contributed by atoms with Gasteiger partial charge in [-0.1, -0.05) is 97.1 Å². The Bertz CT molecular complexity index is 1180. The van der Waals surface area contributed by atoms with E-state index in [2.05, 4.69) is 58.5 Å². The maximum absolute atomic E-state index is 4.76. The van der Waals surface area contributed by atoms with Gasteiger partial charge in [-0.15, -0.1) is 0 Å². The topological polar surface area (TPSA) is 38.7 Å². The molecular weight excluding hydrogens is 366 g/mol. The molecule has 0 saturated carbocycles. The third-order valence-corrected chi connectivity index (χ3v) is 5.03. The smallest absolute Gasteiger partial charge is 0.163 e. The minimum Gasteiger partial charge on any atom is -0.217 e. The molecule has 30 heavy (non-hydrogen) atoms. The Hall–Kier alpha value is -4.11. The van der Waals surface area contributed by atoms with Gasteiger partial charge in [0.1, 0.15) is 6.33 Å². The Balaban J connectivity index is 1.52. The molecule has 0 aliphatic rings. The zero-order valence-corrected chi connectivity index (χ0v) is 16.3. The monoisotopic (exact) mass is 385 g/mol. The lowest BCUT2D eigenvalue weighted by Crippen LogP contribution is -1.95. The van der Waals surface area contributed by atoms with Gasteiger partial charge in [-0.2, -0.15) is 0 Å². The van der Waals surface area contributed by atoms with Crippen molar-refractivity contribution in [2.45, 2.75) is 0 Å². The molecule has 0 radical (unpaired) electrons. The third-order valence-electron chi connectivity index (χ3n) is 5.03. The Kier molecular flexibility index (Phi) is 4.84. The van der Waals surface area contributed by atoms with Gasteiger partial charge in [0.05, 0.1) is 0 Å². The minimum absolute atomic E-state index is 0.669. The molecule has 0 N–H and O–H groups in total. The van der Waals surface area contributed by atoms with E-state index in [1.807, 2.05) is 60.7 Å². The van der Waals surface area contributed by atoms with Gasteiger partial charge in [0.2, 0.25) is 0 Å². The molecule has 0 fully saturated rings. The van der Waals surface area contributed by atoms with E-state index in [4.69, 9.17) is 4.98 Å². The van der Waals surface area contributed by atoms with Crippen LogP contribution in [0.25, 0.3) is 45.0 Å². The zero-order chi connectivity index (χ0) is 20.2. The maximum Gasteiger partial charge on any atom is 0.163 e. The molecule has 3 nitrogen and oxygen atoms in total. The zero-order valence-electron chi connectivity index (χ0n) is 16.3. The summed E-state index contributed by atoms with van der Waals surface area (Å²) in [7, 11) is 0. The molecule has 0 spiro atoms. The van der Waals surface area contributed by atoms with Crippen molar-refractivity contribution in [1.29, 1.82) is 0 Å². The summed E-state index contributed by atoms with van der Waals surface area (Å²) in [4.78, 5) is 13.6. The molecule has 0 amide bonds. The van der Waals surface area contributed by atoms with Crippen molar-refractivity contribution < 1.29 is 0 Å². The highest BCUT2D eigenvalue weighted by molar-refractivity contribution is 5.72. The van der Waals surface area contributed by atoms with Crippen LogP contribution < -0.4 is 0 Å². The number of hydrogen-bond acceptors (Lipinski definition) is 3. The number of nitrogens with zero attached hydrogens (tertiary/aromatic N) is 3. The summed E-state index contributed by atoms with van der Waals surface area (Å²) in [5, 5.41) is 0. The van der Waals surface area contributed by atoms with Gasteiger partial charge in [-0.05, 0) is 34.4 Å². The van der Waals surface area contributed by atoms with Crippen molar-refractivity contribution in [3.63, 3.8) is 0 Å². The van der Waals surface area contributed by atoms with E-state index in [0.29, 0.717) is 11.6 Å². The fourth-order valence-electron chi connectivity index (χ4n) is 3.51. The molecule has 0 atom stereocenters. The second-order valence-electron chi connectivity index (χ2n) is 7.03. The molecule has 0 bridgehead atoms. The molecule has 5 rings (SSSR count). The highest BCUT2D eigenvalue weighted by Gasteiger charge is 2.08. The van der Waals surface area contributed by atoms with Gasteiger partial charge >= 0.3 is 0 Å². The Labute approximate surface area is 175 Å². The average molecular weight is 385 g/mol. The number of hydrogen-bond donors (Lipinski definition) is 0. The fourth-order valence-corrected chi connectivity index (χ4v) is 3.51. The van der Waals surface area contributed by atoms with Crippen LogP contribution in [0.3, 0.4) is 0 Å². The van der Waals surface area contributed by atoms with Crippen LogP contribution in [0.1, 0.15) is 0 Å². The second-order valence-corrected chi connectivity index (χ2v) is 7.03. The molecule has 5 aromatic rings. The Morgan fingerprint density at radius 3 is 1.23 bits per heavy atom. The van der Waals surface area contributed by atoms with Gasteiger partial charge in [-0.3, -0.25) is 0 Å². The molecule has 0 unspecified atom stereocenters. The van der Waals surface area contributed by atoms with E-state index in [9.17, 15) is 0 Å². The van der Waals surface area contributed by atoms with Gasteiger partial charge in [0.15, 0.2) is 11.6 Å². The van der Waals surface area contributed by atoms with Crippen LogP contribution in [-0.4, -0.2) is 15.0 Å². The van der Waals surface area contributed by atoms with Gasteiger partial charge in [0.25, 0.3) is 0 Å². The summed E-state index contributed by atoms with van der Waals surface area (Å²) in [6.07, 6.45) is 1.59. The molecule has 1 heterocycles. The Morgan fingerprint density at radius 1 is 0.367 bits per heavy atom. The first-order valence-corrected chi connectivity index (χ1v) is 9.87. The van der Waals surface area contributed by atoms with Crippen molar-refractivity contribution in [1.82, 2.24) is 15.0 Å². The van der Waals surface area contributed by atoms with Crippen LogP contribution in [0.15, 0.2) is 116 Å². The molecule has 1 aromatic heterocycles. The van der Waals surface area contributed by atoms with Crippen molar-refractivity contribution in [3.8, 4) is 45.0 Å². The number of benzene rings is 4. The van der Waals surface area contributed by atoms with Crippen LogP contribution in [-0.2, 0) is 0 Å². The van der Waals surface area contributed by atoms with Crippen LogP contribution in [0.2, 0.25) is 0 Å². The summed E-state index contributed by atoms with van der Waals surface area (Å²) in [6, 6.07) is 37.2. The molecule has 3 heteroatoms. The largest absolute Gasteiger partial charge is 0.217 e. The molecule has 142 valence electrons. The van der Waals surface area contributed by atoms with E-state index in [-0.39, 0.29) is 0 Å². The standard InChI is InChI=1S/C27H19N3/c1-3-9-20(10-4-1)22-13-7-15-24(17-22)26-28-19-29-27(30-26)25-16-8-14-23(18-25)21-11-5-2-6-12-21/h1-19H. The lowest BCUT2D eigenvalue weighted by atomic mass is 10.0. The summed E-state index contributed by atoms with van der Waals surface area (Å²) in [6.45, 7) is 0. The van der Waals surface area contributed by atoms with Crippen LogP contribution in [0.5, 0.6) is 0 Å². The van der Waals surface area contributed by atoms with Crippen molar-refractivity contribution in [3.05, 3.63) is 116 Å². The van der Waals surface area contributed by atoms with Crippen LogP contribution >= 0.6 is 0 Å². The molecular formula is C27H19N3. The summed E-state index contributed by atoms with van der Waals surface area (Å²) < 4.78 is 0. The maximum atomic E-state index is 4.76. The second kappa shape index (κ2) is 8.10. The molecule has 0 aliphatic heterocycles. The van der Waals surface area contributed by atoms with E-state index >= 15 is 0 Å². The predicted octanol–water partition coefficient (Wildman–Crippen LogP) is 6.54. The van der Waals surface area contributed by atoms with Gasteiger partial charge in [0, 0.05) is 11.1 Å². The summed E-state index contributed by atoms with van der Waals surface area (Å²) in [5.41, 5.74) is 6.56. The first-order valence-electron chi connectivity index (χ1n) is 9.87. The first kappa shape index (κ1) is 18.0. The van der Waals surface area contributed by atoms with Crippen molar-refractivity contribution in [2.75, 3.05) is 0 Å². The SMILES string of the molecule is c1ccc(-c2cccc(-c3ncnc(-c4cccc(-c5ccccc5)c4)n3)c2)cc1. The normalized spacial score (nSPS) is 10.7. The number of rotatable bonds is 4. The lowest BCUT2D eigenvalue weighted by Gasteiger charge is -2.07. The average Bonchev–Trinajstić information content (AvgIpc) is 2.85. The highest BCUT2D eigenvalue weighted by atomic mass is 15.0. The predicted molar refractivity (Wildman–Crippen MR) is 122 cm³/mol. The third kappa shape index (κ3) is 3.74. The quantitative estimate of drug-likeness (QED) is 0.352. The summed E-state index contributed by atoms with van der Waals surface area (Å²) >= 11 is 0. The minimum atomic E-state index is 0.669. The van der Waals surface area contributed by atoms with Crippen LogP contribution in [0, 0.1) is 0 Å². The van der Waals surface area contributed by atoms with Crippen molar-refractivity contribution in [2.24, 2.45) is 0 Å². The summed E-state index contributed by atoms with van der Waals surface area (Å²) in [5.74, 6) is 1.34. The van der Waals surface area contributed by atoms with E-state index < -0.39 is 0 Å². The first-order chi connectivity index (χ1) is 14.9. The van der Waals surface area contributed by atoms with Crippen molar-refractivity contribution >= 4 is 0 Å². The van der Waals surface area contributed by atoms with E-state index in [1.165, 1.54) is 11.1 Å². The molecule has 0 aliphatic carbocycles. The lowest BCUT2D eigenvalue weighted by molar-refractivity contribution is 1.07. The highest BCUT2D eigenvalue weighted by Crippen LogP contribution is 2.27. The number of aromatic nitrogens is 3. The Morgan fingerprint density at radius 2 is 0.767 bits per heavy atom. The molecule has 0 saturated heterocycles.